The first kappa shape index (κ1) is 11.7. The minimum atomic E-state index is 0.00135. The minimum absolute atomic E-state index is 0.00135. The first-order chi connectivity index (χ1) is 8.81. The minimum Gasteiger partial charge on any atom is -0.355 e. The van der Waals surface area contributed by atoms with Crippen molar-refractivity contribution in [3.63, 3.8) is 0 Å². The van der Waals surface area contributed by atoms with Gasteiger partial charge in [0.05, 0.1) is 12.6 Å². The van der Waals surface area contributed by atoms with Crippen LogP contribution < -0.4 is 0 Å². The van der Waals surface area contributed by atoms with Gasteiger partial charge in [-0.1, -0.05) is 37.3 Å². The van der Waals surface area contributed by atoms with Gasteiger partial charge in [0, 0.05) is 12.3 Å². The molecule has 1 amide bonds. The molecule has 3 atom stereocenters. The van der Waals surface area contributed by atoms with Crippen molar-refractivity contribution >= 4 is 5.91 Å². The van der Waals surface area contributed by atoms with Crippen LogP contribution in [0.15, 0.2) is 30.3 Å². The summed E-state index contributed by atoms with van der Waals surface area (Å²) >= 11 is 0. The van der Waals surface area contributed by atoms with E-state index in [1.165, 1.54) is 5.56 Å². The van der Waals surface area contributed by atoms with Crippen LogP contribution in [0.1, 0.15) is 37.8 Å². The van der Waals surface area contributed by atoms with Crippen molar-refractivity contribution in [3.05, 3.63) is 35.9 Å². The van der Waals surface area contributed by atoms with Crippen molar-refractivity contribution in [1.82, 2.24) is 4.90 Å². The van der Waals surface area contributed by atoms with Gasteiger partial charge < -0.3 is 9.64 Å². The Bertz CT molecular complexity index is 431. The molecule has 0 unspecified atom stereocenters. The monoisotopic (exact) mass is 245 g/mol. The maximum absolute atomic E-state index is 12.2. The van der Waals surface area contributed by atoms with E-state index in [1.807, 2.05) is 23.1 Å². The molecule has 0 aliphatic carbocycles. The second-order valence-corrected chi connectivity index (χ2v) is 5.16. The smallest absolute Gasteiger partial charge is 0.225 e. The van der Waals surface area contributed by atoms with Crippen molar-refractivity contribution in [3.8, 4) is 0 Å². The lowest BCUT2D eigenvalue weighted by atomic mass is 9.92. The van der Waals surface area contributed by atoms with Crippen LogP contribution in [0.5, 0.6) is 0 Å². The molecule has 3 heteroatoms. The summed E-state index contributed by atoms with van der Waals surface area (Å²) in [6.45, 7) is 2.81. The maximum Gasteiger partial charge on any atom is 0.225 e. The fraction of sp³-hybridized carbons (Fsp3) is 0.533. The highest BCUT2D eigenvalue weighted by atomic mass is 16.5. The van der Waals surface area contributed by atoms with Crippen LogP contribution in [0.2, 0.25) is 0 Å². The Morgan fingerprint density at radius 3 is 2.83 bits per heavy atom. The van der Waals surface area contributed by atoms with Crippen LogP contribution in [-0.2, 0) is 9.53 Å². The Balaban J connectivity index is 1.88. The Morgan fingerprint density at radius 1 is 1.33 bits per heavy atom. The summed E-state index contributed by atoms with van der Waals surface area (Å²) in [7, 11) is 0. The SMILES string of the molecule is CC[C@H]1CCC(=O)N2[C@H](c3ccccc3)CO[C@@H]12. The van der Waals surface area contributed by atoms with Crippen LogP contribution in [0, 0.1) is 5.92 Å². The summed E-state index contributed by atoms with van der Waals surface area (Å²) in [5, 5.41) is 0. The number of amides is 1. The average molecular weight is 245 g/mol. The number of benzene rings is 1. The molecule has 1 aromatic rings. The van der Waals surface area contributed by atoms with Crippen molar-refractivity contribution in [1.29, 1.82) is 0 Å². The molecule has 0 bridgehead atoms. The van der Waals surface area contributed by atoms with Gasteiger partial charge in [-0.25, -0.2) is 0 Å². The molecule has 2 aliphatic heterocycles. The van der Waals surface area contributed by atoms with Gasteiger partial charge in [-0.2, -0.15) is 0 Å². The van der Waals surface area contributed by atoms with Crippen LogP contribution in [-0.4, -0.2) is 23.6 Å². The summed E-state index contributed by atoms with van der Waals surface area (Å²) in [5.74, 6) is 0.743. The van der Waals surface area contributed by atoms with Crippen LogP contribution >= 0.6 is 0 Å². The second kappa shape index (κ2) is 4.73. The highest BCUT2D eigenvalue weighted by Gasteiger charge is 2.44. The van der Waals surface area contributed by atoms with E-state index in [-0.39, 0.29) is 18.2 Å². The Morgan fingerprint density at radius 2 is 2.11 bits per heavy atom. The van der Waals surface area contributed by atoms with Gasteiger partial charge in [0.25, 0.3) is 0 Å². The van der Waals surface area contributed by atoms with E-state index in [2.05, 4.69) is 19.1 Å². The van der Waals surface area contributed by atoms with Crippen molar-refractivity contribution in [2.75, 3.05) is 6.61 Å². The predicted molar refractivity (Wildman–Crippen MR) is 68.8 cm³/mol. The number of hydrogen-bond donors (Lipinski definition) is 0. The molecule has 0 aromatic heterocycles. The average Bonchev–Trinajstić information content (AvgIpc) is 2.86. The summed E-state index contributed by atoms with van der Waals surface area (Å²) in [6, 6.07) is 10.3. The maximum atomic E-state index is 12.2. The number of carbonyl (C=O) groups is 1. The summed E-state index contributed by atoms with van der Waals surface area (Å²) in [4.78, 5) is 14.1. The van der Waals surface area contributed by atoms with Gasteiger partial charge in [0.1, 0.15) is 6.23 Å². The molecular formula is C15H19NO2. The predicted octanol–water partition coefficient (Wildman–Crippen LogP) is 2.73. The fourth-order valence-electron chi connectivity index (χ4n) is 3.12. The molecule has 2 fully saturated rings. The number of ether oxygens (including phenoxy) is 1. The largest absolute Gasteiger partial charge is 0.355 e. The van der Waals surface area contributed by atoms with E-state index in [9.17, 15) is 4.79 Å². The number of fused-ring (bicyclic) bond motifs is 1. The Hall–Kier alpha value is -1.35. The highest BCUT2D eigenvalue weighted by Crippen LogP contribution is 2.39. The molecule has 0 N–H and O–H groups in total. The van der Waals surface area contributed by atoms with Gasteiger partial charge in [-0.15, -0.1) is 0 Å². The zero-order valence-electron chi connectivity index (χ0n) is 10.7. The van der Waals surface area contributed by atoms with Gasteiger partial charge in [-0.05, 0) is 18.4 Å². The normalized spacial score (nSPS) is 31.5. The van der Waals surface area contributed by atoms with Gasteiger partial charge >= 0.3 is 0 Å². The lowest BCUT2D eigenvalue weighted by Crippen LogP contribution is -2.46. The van der Waals surface area contributed by atoms with Gasteiger partial charge in [0.15, 0.2) is 0 Å². The zero-order chi connectivity index (χ0) is 12.5. The third kappa shape index (κ3) is 1.83. The van der Waals surface area contributed by atoms with E-state index in [1.54, 1.807) is 0 Å². The molecule has 2 saturated heterocycles. The molecule has 3 rings (SSSR count). The van der Waals surface area contributed by atoms with E-state index in [0.29, 0.717) is 18.9 Å². The van der Waals surface area contributed by atoms with Crippen LogP contribution in [0.4, 0.5) is 0 Å². The third-order valence-electron chi connectivity index (χ3n) is 4.16. The first-order valence-corrected chi connectivity index (χ1v) is 6.79. The lowest BCUT2D eigenvalue weighted by Gasteiger charge is -2.37. The first-order valence-electron chi connectivity index (χ1n) is 6.79. The van der Waals surface area contributed by atoms with Crippen molar-refractivity contribution < 1.29 is 9.53 Å². The number of hydrogen-bond acceptors (Lipinski definition) is 2. The Kier molecular flexibility index (Phi) is 3.08. The fourth-order valence-corrected chi connectivity index (χ4v) is 3.12. The molecular weight excluding hydrogens is 226 g/mol. The highest BCUT2D eigenvalue weighted by molar-refractivity contribution is 5.78. The standard InChI is InChI=1S/C15H19NO2/c1-2-11-8-9-14(17)16-13(10-18-15(11)16)12-6-4-3-5-7-12/h3-7,11,13,15H,2,8-10H2,1H3/t11-,13-,15-/m0/s1. The van der Waals surface area contributed by atoms with Crippen LogP contribution in [0.25, 0.3) is 0 Å². The summed E-state index contributed by atoms with van der Waals surface area (Å²) < 4.78 is 5.90. The molecule has 3 nitrogen and oxygen atoms in total. The molecule has 2 heterocycles. The van der Waals surface area contributed by atoms with Crippen molar-refractivity contribution in [2.45, 2.75) is 38.5 Å². The quantitative estimate of drug-likeness (QED) is 0.801. The van der Waals surface area contributed by atoms with E-state index < -0.39 is 0 Å². The topological polar surface area (TPSA) is 29.5 Å². The molecule has 0 spiro atoms. The van der Waals surface area contributed by atoms with Crippen molar-refractivity contribution in [2.24, 2.45) is 5.92 Å². The second-order valence-electron chi connectivity index (χ2n) is 5.16. The Labute approximate surface area is 108 Å². The van der Waals surface area contributed by atoms with E-state index in [4.69, 9.17) is 4.74 Å². The molecule has 1 aromatic carbocycles. The lowest BCUT2D eigenvalue weighted by molar-refractivity contribution is -0.147. The van der Waals surface area contributed by atoms with E-state index in [0.717, 1.165) is 12.8 Å². The molecule has 96 valence electrons. The number of nitrogens with zero attached hydrogens (tertiary/aromatic N) is 1. The number of rotatable bonds is 2. The third-order valence-corrected chi connectivity index (χ3v) is 4.16. The summed E-state index contributed by atoms with van der Waals surface area (Å²) in [6.07, 6.45) is 2.72. The molecule has 0 saturated carbocycles. The van der Waals surface area contributed by atoms with Crippen LogP contribution in [0.3, 0.4) is 0 Å². The molecule has 18 heavy (non-hydrogen) atoms. The summed E-state index contributed by atoms with van der Waals surface area (Å²) in [5.41, 5.74) is 1.19. The van der Waals surface area contributed by atoms with Gasteiger partial charge in [0.2, 0.25) is 5.91 Å². The van der Waals surface area contributed by atoms with Gasteiger partial charge in [-0.3, -0.25) is 4.79 Å². The number of piperidine rings is 1. The molecule has 0 radical (unpaired) electrons. The van der Waals surface area contributed by atoms with E-state index >= 15 is 0 Å². The number of carbonyl (C=O) groups excluding carboxylic acids is 1. The molecule has 2 aliphatic rings. The zero-order valence-corrected chi connectivity index (χ0v) is 10.7.